The standard InChI is InChI=1S/C8H8N2O.C4H4N2/c11-8-5-9-6-3-1-2-4-7(6)10-8;1-2-5-4-6-3-1/h1-4,9H,5H2,(H,10,11);1-4H. The van der Waals surface area contributed by atoms with Crippen LogP contribution in [-0.2, 0) is 4.79 Å². The predicted molar refractivity (Wildman–Crippen MR) is 65.6 cm³/mol. The van der Waals surface area contributed by atoms with Crippen molar-refractivity contribution < 1.29 is 4.79 Å². The molecule has 1 aromatic heterocycles. The number of benzene rings is 1. The Morgan fingerprint density at radius 1 is 1.00 bits per heavy atom. The Kier molecular flexibility index (Phi) is 3.64. The van der Waals surface area contributed by atoms with E-state index in [0.29, 0.717) is 6.54 Å². The smallest absolute Gasteiger partial charge is 0.243 e. The SMILES string of the molecule is O=C1CNc2ccccc2N1.c1cncnc1. The molecule has 0 saturated heterocycles. The monoisotopic (exact) mass is 228 g/mol. The summed E-state index contributed by atoms with van der Waals surface area (Å²) in [6.07, 6.45) is 4.88. The lowest BCUT2D eigenvalue weighted by atomic mass is 10.2. The van der Waals surface area contributed by atoms with Crippen LogP contribution in [0.15, 0.2) is 49.1 Å². The van der Waals surface area contributed by atoms with E-state index in [-0.39, 0.29) is 5.91 Å². The third kappa shape index (κ3) is 3.27. The second-order valence-electron chi connectivity index (χ2n) is 3.35. The van der Waals surface area contributed by atoms with Gasteiger partial charge in [0.15, 0.2) is 0 Å². The third-order valence-corrected chi connectivity index (χ3v) is 2.12. The number of carbonyl (C=O) groups excluding carboxylic acids is 1. The normalized spacial score (nSPS) is 12.4. The van der Waals surface area contributed by atoms with Crippen molar-refractivity contribution >= 4 is 17.3 Å². The Hall–Kier alpha value is -2.43. The molecule has 1 amide bonds. The first-order valence-electron chi connectivity index (χ1n) is 5.19. The Morgan fingerprint density at radius 2 is 1.71 bits per heavy atom. The van der Waals surface area contributed by atoms with E-state index in [0.717, 1.165) is 11.4 Å². The fraction of sp³-hybridized carbons (Fsp3) is 0.0833. The highest BCUT2D eigenvalue weighted by atomic mass is 16.2. The minimum Gasteiger partial charge on any atom is -0.374 e. The summed E-state index contributed by atoms with van der Waals surface area (Å²) in [5.74, 6) is 0.0173. The van der Waals surface area contributed by atoms with Crippen molar-refractivity contribution in [3.63, 3.8) is 0 Å². The minimum atomic E-state index is 0.0173. The van der Waals surface area contributed by atoms with Gasteiger partial charge in [-0.05, 0) is 18.2 Å². The van der Waals surface area contributed by atoms with Crippen LogP contribution in [0.5, 0.6) is 0 Å². The molecule has 2 N–H and O–H groups in total. The van der Waals surface area contributed by atoms with E-state index in [1.54, 1.807) is 18.5 Å². The highest BCUT2D eigenvalue weighted by Gasteiger charge is 2.11. The summed E-state index contributed by atoms with van der Waals surface area (Å²) in [5.41, 5.74) is 1.86. The lowest BCUT2D eigenvalue weighted by Crippen LogP contribution is -2.27. The van der Waals surface area contributed by atoms with Crippen LogP contribution in [-0.4, -0.2) is 22.4 Å². The zero-order valence-corrected chi connectivity index (χ0v) is 9.13. The lowest BCUT2D eigenvalue weighted by molar-refractivity contribution is -0.114. The largest absolute Gasteiger partial charge is 0.374 e. The van der Waals surface area contributed by atoms with Crippen molar-refractivity contribution in [2.24, 2.45) is 0 Å². The molecule has 1 aliphatic rings. The Bertz CT molecular complexity index is 460. The van der Waals surface area contributed by atoms with E-state index < -0.39 is 0 Å². The molecule has 2 heterocycles. The topological polar surface area (TPSA) is 66.9 Å². The summed E-state index contributed by atoms with van der Waals surface area (Å²) in [6.45, 7) is 0.372. The maximum atomic E-state index is 10.9. The fourth-order valence-corrected chi connectivity index (χ4v) is 1.37. The molecule has 0 atom stereocenters. The van der Waals surface area contributed by atoms with Gasteiger partial charge in [0.1, 0.15) is 6.33 Å². The average Bonchev–Trinajstić information content (AvgIpc) is 2.41. The molecule has 1 aliphatic heterocycles. The van der Waals surface area contributed by atoms with E-state index in [4.69, 9.17) is 0 Å². The van der Waals surface area contributed by atoms with Crippen LogP contribution in [0.3, 0.4) is 0 Å². The van der Waals surface area contributed by atoms with Crippen LogP contribution in [0.1, 0.15) is 0 Å². The molecular weight excluding hydrogens is 216 g/mol. The van der Waals surface area contributed by atoms with E-state index in [1.165, 1.54) is 6.33 Å². The fourth-order valence-electron chi connectivity index (χ4n) is 1.37. The first kappa shape index (κ1) is 11.1. The number of fused-ring (bicyclic) bond motifs is 1. The van der Waals surface area contributed by atoms with Gasteiger partial charge in [0, 0.05) is 12.4 Å². The summed E-state index contributed by atoms with van der Waals surface area (Å²) < 4.78 is 0. The van der Waals surface area contributed by atoms with Crippen molar-refractivity contribution in [3.05, 3.63) is 49.1 Å². The highest BCUT2D eigenvalue weighted by molar-refractivity contribution is 6.00. The van der Waals surface area contributed by atoms with Crippen LogP contribution in [0.2, 0.25) is 0 Å². The van der Waals surface area contributed by atoms with Crippen molar-refractivity contribution in [1.82, 2.24) is 9.97 Å². The van der Waals surface area contributed by atoms with E-state index in [1.807, 2.05) is 24.3 Å². The number of nitrogens with zero attached hydrogens (tertiary/aromatic N) is 2. The summed E-state index contributed by atoms with van der Waals surface area (Å²) >= 11 is 0. The molecule has 1 aromatic carbocycles. The minimum absolute atomic E-state index is 0.0173. The number of carbonyl (C=O) groups is 1. The van der Waals surface area contributed by atoms with E-state index in [2.05, 4.69) is 20.6 Å². The second-order valence-corrected chi connectivity index (χ2v) is 3.35. The summed E-state index contributed by atoms with van der Waals surface area (Å²) in [4.78, 5) is 18.2. The molecule has 5 heteroatoms. The van der Waals surface area contributed by atoms with Gasteiger partial charge in [0.05, 0.1) is 17.9 Å². The van der Waals surface area contributed by atoms with Crippen LogP contribution in [0.4, 0.5) is 11.4 Å². The molecule has 0 radical (unpaired) electrons. The lowest BCUT2D eigenvalue weighted by Gasteiger charge is -2.17. The van der Waals surface area contributed by atoms with Crippen LogP contribution in [0, 0.1) is 0 Å². The van der Waals surface area contributed by atoms with Gasteiger partial charge in [-0.15, -0.1) is 0 Å². The van der Waals surface area contributed by atoms with Crippen molar-refractivity contribution in [3.8, 4) is 0 Å². The molecule has 86 valence electrons. The predicted octanol–water partition coefficient (Wildman–Crippen LogP) is 1.53. The maximum absolute atomic E-state index is 10.9. The Morgan fingerprint density at radius 3 is 2.29 bits per heavy atom. The van der Waals surface area contributed by atoms with Gasteiger partial charge >= 0.3 is 0 Å². The second kappa shape index (κ2) is 5.60. The summed E-state index contributed by atoms with van der Waals surface area (Å²) in [6, 6.07) is 9.42. The van der Waals surface area contributed by atoms with Gasteiger partial charge in [-0.2, -0.15) is 0 Å². The van der Waals surface area contributed by atoms with Gasteiger partial charge in [0.25, 0.3) is 0 Å². The quantitative estimate of drug-likeness (QED) is 0.717. The van der Waals surface area contributed by atoms with Gasteiger partial charge < -0.3 is 10.6 Å². The molecule has 0 fully saturated rings. The summed E-state index contributed by atoms with van der Waals surface area (Å²) in [7, 11) is 0. The number of nitrogens with one attached hydrogen (secondary N) is 2. The third-order valence-electron chi connectivity index (χ3n) is 2.12. The van der Waals surface area contributed by atoms with Gasteiger partial charge in [0.2, 0.25) is 5.91 Å². The Labute approximate surface area is 98.9 Å². The number of hydrogen-bond acceptors (Lipinski definition) is 4. The van der Waals surface area contributed by atoms with Crippen molar-refractivity contribution in [2.75, 3.05) is 17.2 Å². The number of hydrogen-bond donors (Lipinski definition) is 2. The van der Waals surface area contributed by atoms with Crippen LogP contribution < -0.4 is 10.6 Å². The molecular formula is C12H12N4O. The molecule has 0 saturated carbocycles. The van der Waals surface area contributed by atoms with E-state index >= 15 is 0 Å². The zero-order valence-electron chi connectivity index (χ0n) is 9.13. The first-order chi connectivity index (χ1) is 8.36. The van der Waals surface area contributed by atoms with Crippen LogP contribution in [0.25, 0.3) is 0 Å². The molecule has 2 aromatic rings. The molecule has 5 nitrogen and oxygen atoms in total. The molecule has 0 spiro atoms. The van der Waals surface area contributed by atoms with Gasteiger partial charge in [-0.25, -0.2) is 9.97 Å². The molecule has 0 unspecified atom stereocenters. The number of rotatable bonds is 0. The number of amides is 1. The average molecular weight is 228 g/mol. The summed E-state index contributed by atoms with van der Waals surface area (Å²) in [5, 5.41) is 5.76. The van der Waals surface area contributed by atoms with Crippen molar-refractivity contribution in [1.29, 1.82) is 0 Å². The molecule has 17 heavy (non-hydrogen) atoms. The van der Waals surface area contributed by atoms with Crippen molar-refractivity contribution in [2.45, 2.75) is 0 Å². The molecule has 0 aliphatic carbocycles. The van der Waals surface area contributed by atoms with Gasteiger partial charge in [-0.1, -0.05) is 12.1 Å². The maximum Gasteiger partial charge on any atom is 0.243 e. The molecule has 3 rings (SSSR count). The van der Waals surface area contributed by atoms with Crippen LogP contribution >= 0.6 is 0 Å². The molecule has 0 bridgehead atoms. The highest BCUT2D eigenvalue weighted by Crippen LogP contribution is 2.22. The van der Waals surface area contributed by atoms with Gasteiger partial charge in [-0.3, -0.25) is 4.79 Å². The number of anilines is 2. The first-order valence-corrected chi connectivity index (χ1v) is 5.19. The number of aromatic nitrogens is 2. The Balaban J connectivity index is 0.000000153. The number of para-hydroxylation sites is 2. The zero-order chi connectivity index (χ0) is 11.9. The van der Waals surface area contributed by atoms with E-state index in [9.17, 15) is 4.79 Å².